The van der Waals surface area contributed by atoms with Crippen molar-refractivity contribution in [3.05, 3.63) is 35.4 Å². The maximum atomic E-state index is 10.4. The SMILES string of the molecule is Cc1cccc(C(O)C2(CN)CCOC2)c1. The molecule has 1 heterocycles. The molecule has 0 bridgehead atoms. The van der Waals surface area contributed by atoms with E-state index < -0.39 is 6.10 Å². The zero-order chi connectivity index (χ0) is 11.6. The van der Waals surface area contributed by atoms with Crippen LogP contribution in [-0.4, -0.2) is 24.9 Å². The number of nitrogens with two attached hydrogens (primary N) is 1. The van der Waals surface area contributed by atoms with Crippen molar-refractivity contribution in [2.75, 3.05) is 19.8 Å². The van der Waals surface area contributed by atoms with Gasteiger partial charge in [-0.25, -0.2) is 0 Å². The van der Waals surface area contributed by atoms with Crippen molar-refractivity contribution < 1.29 is 9.84 Å². The van der Waals surface area contributed by atoms with Crippen molar-refractivity contribution in [3.63, 3.8) is 0 Å². The topological polar surface area (TPSA) is 55.5 Å². The largest absolute Gasteiger partial charge is 0.388 e. The Hall–Kier alpha value is -0.900. The molecule has 0 amide bonds. The molecule has 1 aromatic carbocycles. The fraction of sp³-hybridized carbons (Fsp3) is 0.538. The molecule has 2 rings (SSSR count). The van der Waals surface area contributed by atoms with Crippen molar-refractivity contribution in [1.82, 2.24) is 0 Å². The highest BCUT2D eigenvalue weighted by Gasteiger charge is 2.41. The van der Waals surface area contributed by atoms with Crippen molar-refractivity contribution in [2.24, 2.45) is 11.1 Å². The molecule has 88 valence electrons. The monoisotopic (exact) mass is 221 g/mol. The van der Waals surface area contributed by atoms with Crippen LogP contribution in [0.3, 0.4) is 0 Å². The first-order valence-electron chi connectivity index (χ1n) is 5.70. The number of benzene rings is 1. The summed E-state index contributed by atoms with van der Waals surface area (Å²) in [6.45, 7) is 3.73. The number of aryl methyl sites for hydroxylation is 1. The third-order valence-corrected chi connectivity index (χ3v) is 3.48. The molecule has 0 saturated carbocycles. The number of ether oxygens (including phenoxy) is 1. The standard InChI is InChI=1S/C13H19NO2/c1-10-3-2-4-11(7-10)12(15)13(8-14)5-6-16-9-13/h2-4,7,12,15H,5-6,8-9,14H2,1H3. The maximum Gasteiger partial charge on any atom is 0.0881 e. The summed E-state index contributed by atoms with van der Waals surface area (Å²) >= 11 is 0. The van der Waals surface area contributed by atoms with Gasteiger partial charge in [0.05, 0.1) is 12.7 Å². The van der Waals surface area contributed by atoms with Crippen LogP contribution in [-0.2, 0) is 4.74 Å². The average Bonchev–Trinajstić information content (AvgIpc) is 2.78. The van der Waals surface area contributed by atoms with Crippen LogP contribution in [0.5, 0.6) is 0 Å². The number of aliphatic hydroxyl groups is 1. The zero-order valence-electron chi connectivity index (χ0n) is 9.65. The number of rotatable bonds is 3. The zero-order valence-corrected chi connectivity index (χ0v) is 9.65. The van der Waals surface area contributed by atoms with Gasteiger partial charge in [0.1, 0.15) is 0 Å². The lowest BCUT2D eigenvalue weighted by Crippen LogP contribution is -2.37. The van der Waals surface area contributed by atoms with Gasteiger partial charge in [-0.1, -0.05) is 29.8 Å². The van der Waals surface area contributed by atoms with Crippen LogP contribution in [0.25, 0.3) is 0 Å². The van der Waals surface area contributed by atoms with Crippen LogP contribution in [0.15, 0.2) is 24.3 Å². The Morgan fingerprint density at radius 3 is 2.94 bits per heavy atom. The van der Waals surface area contributed by atoms with Crippen LogP contribution in [0.4, 0.5) is 0 Å². The van der Waals surface area contributed by atoms with E-state index in [4.69, 9.17) is 10.5 Å². The van der Waals surface area contributed by atoms with E-state index in [0.717, 1.165) is 17.5 Å². The molecule has 3 nitrogen and oxygen atoms in total. The third-order valence-electron chi connectivity index (χ3n) is 3.48. The van der Waals surface area contributed by atoms with Crippen LogP contribution in [0, 0.1) is 12.3 Å². The molecule has 16 heavy (non-hydrogen) atoms. The van der Waals surface area contributed by atoms with E-state index in [9.17, 15) is 5.11 Å². The molecule has 0 aromatic heterocycles. The molecule has 1 saturated heterocycles. The Bertz CT molecular complexity index is 359. The molecule has 3 heteroatoms. The van der Waals surface area contributed by atoms with Crippen molar-refractivity contribution in [1.29, 1.82) is 0 Å². The molecule has 2 unspecified atom stereocenters. The summed E-state index contributed by atoms with van der Waals surface area (Å²) in [4.78, 5) is 0. The minimum atomic E-state index is -0.528. The summed E-state index contributed by atoms with van der Waals surface area (Å²) in [5, 5.41) is 10.4. The Kier molecular flexibility index (Phi) is 3.28. The molecule has 0 radical (unpaired) electrons. The first kappa shape index (κ1) is 11.6. The van der Waals surface area contributed by atoms with Gasteiger partial charge in [-0.15, -0.1) is 0 Å². The first-order valence-corrected chi connectivity index (χ1v) is 5.70. The van der Waals surface area contributed by atoms with Crippen LogP contribution in [0.2, 0.25) is 0 Å². The van der Waals surface area contributed by atoms with Crippen LogP contribution < -0.4 is 5.73 Å². The first-order chi connectivity index (χ1) is 7.68. The van der Waals surface area contributed by atoms with Crippen molar-refractivity contribution in [2.45, 2.75) is 19.4 Å². The lowest BCUT2D eigenvalue weighted by atomic mass is 9.78. The van der Waals surface area contributed by atoms with Gasteiger partial charge in [-0.05, 0) is 18.9 Å². The lowest BCUT2D eigenvalue weighted by Gasteiger charge is -2.31. The summed E-state index contributed by atoms with van der Waals surface area (Å²) < 4.78 is 5.38. The molecule has 2 atom stereocenters. The molecular weight excluding hydrogens is 202 g/mol. The molecule has 1 aromatic rings. The smallest absolute Gasteiger partial charge is 0.0881 e. The van der Waals surface area contributed by atoms with E-state index in [1.165, 1.54) is 0 Å². The number of hydrogen-bond acceptors (Lipinski definition) is 3. The Labute approximate surface area is 96.2 Å². The molecule has 1 fully saturated rings. The van der Waals surface area contributed by atoms with Gasteiger partial charge in [0.15, 0.2) is 0 Å². The highest BCUT2D eigenvalue weighted by Crippen LogP contribution is 2.40. The van der Waals surface area contributed by atoms with E-state index in [1.54, 1.807) is 0 Å². The fourth-order valence-corrected chi connectivity index (χ4v) is 2.31. The lowest BCUT2D eigenvalue weighted by molar-refractivity contribution is 0.0190. The Morgan fingerprint density at radius 2 is 2.38 bits per heavy atom. The highest BCUT2D eigenvalue weighted by atomic mass is 16.5. The van der Waals surface area contributed by atoms with Gasteiger partial charge in [0.2, 0.25) is 0 Å². The van der Waals surface area contributed by atoms with Crippen LogP contribution in [0.1, 0.15) is 23.7 Å². The third kappa shape index (κ3) is 1.98. The second-order valence-electron chi connectivity index (χ2n) is 4.69. The van der Waals surface area contributed by atoms with Gasteiger partial charge >= 0.3 is 0 Å². The average molecular weight is 221 g/mol. The molecule has 1 aliphatic rings. The summed E-state index contributed by atoms with van der Waals surface area (Å²) in [5.41, 5.74) is 7.60. The van der Waals surface area contributed by atoms with Gasteiger partial charge < -0.3 is 15.6 Å². The summed E-state index contributed by atoms with van der Waals surface area (Å²) in [7, 11) is 0. The minimum Gasteiger partial charge on any atom is -0.388 e. The molecular formula is C13H19NO2. The van der Waals surface area contributed by atoms with E-state index in [1.807, 2.05) is 31.2 Å². The summed E-state index contributed by atoms with van der Waals surface area (Å²) in [6.07, 6.45) is 0.304. The second kappa shape index (κ2) is 4.53. The van der Waals surface area contributed by atoms with Gasteiger partial charge in [0, 0.05) is 18.6 Å². The van der Waals surface area contributed by atoms with E-state index in [2.05, 4.69) is 0 Å². The van der Waals surface area contributed by atoms with E-state index >= 15 is 0 Å². The van der Waals surface area contributed by atoms with E-state index in [0.29, 0.717) is 19.8 Å². The summed E-state index contributed by atoms with van der Waals surface area (Å²) in [6, 6.07) is 7.96. The normalized spacial score (nSPS) is 26.9. The molecule has 1 aliphatic heterocycles. The Morgan fingerprint density at radius 1 is 1.56 bits per heavy atom. The predicted molar refractivity (Wildman–Crippen MR) is 63.1 cm³/mol. The summed E-state index contributed by atoms with van der Waals surface area (Å²) in [5.74, 6) is 0. The van der Waals surface area contributed by atoms with Crippen LogP contribution >= 0.6 is 0 Å². The second-order valence-corrected chi connectivity index (χ2v) is 4.69. The van der Waals surface area contributed by atoms with Crippen molar-refractivity contribution in [3.8, 4) is 0 Å². The van der Waals surface area contributed by atoms with Gasteiger partial charge in [-0.3, -0.25) is 0 Å². The quantitative estimate of drug-likeness (QED) is 0.811. The minimum absolute atomic E-state index is 0.298. The molecule has 3 N–H and O–H groups in total. The number of hydrogen-bond donors (Lipinski definition) is 2. The maximum absolute atomic E-state index is 10.4. The fourth-order valence-electron chi connectivity index (χ4n) is 2.31. The molecule has 0 aliphatic carbocycles. The van der Waals surface area contributed by atoms with E-state index in [-0.39, 0.29) is 5.41 Å². The number of aliphatic hydroxyl groups excluding tert-OH is 1. The molecule has 0 spiro atoms. The predicted octanol–water partition coefficient (Wildman–Crippen LogP) is 1.39. The Balaban J connectivity index is 2.26. The van der Waals surface area contributed by atoms with Crippen molar-refractivity contribution >= 4 is 0 Å². The van der Waals surface area contributed by atoms with Gasteiger partial charge in [-0.2, -0.15) is 0 Å². The van der Waals surface area contributed by atoms with Gasteiger partial charge in [0.25, 0.3) is 0 Å². The highest BCUT2D eigenvalue weighted by molar-refractivity contribution is 5.26.